The van der Waals surface area contributed by atoms with Crippen LogP contribution in [0.3, 0.4) is 0 Å². The van der Waals surface area contributed by atoms with Crippen LogP contribution in [0.5, 0.6) is 5.75 Å². The Labute approximate surface area is 210 Å². The van der Waals surface area contributed by atoms with Gasteiger partial charge in [-0.3, -0.25) is 9.59 Å². The minimum Gasteiger partial charge on any atom is -0.497 e. The Morgan fingerprint density at radius 3 is 2.34 bits per heavy atom. The minimum atomic E-state index is -0.535. The third-order valence-electron chi connectivity index (χ3n) is 9.68. The molecule has 6 nitrogen and oxygen atoms in total. The fourth-order valence-corrected chi connectivity index (χ4v) is 7.19. The van der Waals surface area contributed by atoms with Crippen molar-refractivity contribution in [1.29, 1.82) is 0 Å². The molecule has 1 aromatic carbocycles. The number of aliphatic hydroxyl groups is 1. The largest absolute Gasteiger partial charge is 0.497 e. The highest BCUT2D eigenvalue weighted by atomic mass is 16.5. The topological polar surface area (TPSA) is 78.9 Å². The Kier molecular flexibility index (Phi) is 7.80. The molecule has 0 spiro atoms. The van der Waals surface area contributed by atoms with E-state index in [0.717, 1.165) is 57.4 Å². The molecule has 2 amide bonds. The van der Waals surface area contributed by atoms with Crippen molar-refractivity contribution >= 4 is 11.8 Å². The predicted molar refractivity (Wildman–Crippen MR) is 137 cm³/mol. The lowest BCUT2D eigenvalue weighted by Gasteiger charge is -2.56. The second kappa shape index (κ2) is 10.5. The number of aliphatic hydroxyl groups excluding tert-OH is 1. The molecule has 1 heterocycles. The number of ether oxygens (including phenoxy) is 1. The van der Waals surface area contributed by atoms with Gasteiger partial charge >= 0.3 is 0 Å². The Hall–Kier alpha value is -2.08. The van der Waals surface area contributed by atoms with Gasteiger partial charge in [0.15, 0.2) is 0 Å². The summed E-state index contributed by atoms with van der Waals surface area (Å²) in [6.07, 6.45) is 5.41. The van der Waals surface area contributed by atoms with Crippen LogP contribution in [0.15, 0.2) is 24.3 Å². The molecule has 4 rings (SSSR count). The Bertz CT molecular complexity index is 894. The van der Waals surface area contributed by atoms with Crippen LogP contribution in [-0.4, -0.2) is 54.2 Å². The number of piperidine rings is 1. The second-order valence-electron chi connectivity index (χ2n) is 11.9. The van der Waals surface area contributed by atoms with E-state index in [-0.39, 0.29) is 46.9 Å². The molecule has 35 heavy (non-hydrogen) atoms. The summed E-state index contributed by atoms with van der Waals surface area (Å²) in [5.74, 6) is 1.52. The number of nitrogens with one attached hydrogen (secondary N) is 1. The second-order valence-corrected chi connectivity index (χ2v) is 11.9. The highest BCUT2D eigenvalue weighted by Gasteiger charge is 2.54. The number of hydrogen-bond donors (Lipinski definition) is 2. The van der Waals surface area contributed by atoms with Crippen molar-refractivity contribution in [3.63, 3.8) is 0 Å². The van der Waals surface area contributed by atoms with E-state index in [1.807, 2.05) is 11.8 Å². The van der Waals surface area contributed by atoms with Crippen LogP contribution in [-0.2, 0) is 4.79 Å². The van der Waals surface area contributed by atoms with E-state index < -0.39 is 6.10 Å². The maximum Gasteiger partial charge on any atom is 0.251 e. The summed E-state index contributed by atoms with van der Waals surface area (Å²) in [5, 5.41) is 14.9. The average Bonchev–Trinajstić information content (AvgIpc) is 2.85. The molecule has 3 fully saturated rings. The van der Waals surface area contributed by atoms with Crippen LogP contribution in [0.4, 0.5) is 0 Å². The molecule has 2 saturated carbocycles. The van der Waals surface area contributed by atoms with Gasteiger partial charge in [-0.1, -0.05) is 27.7 Å². The summed E-state index contributed by atoms with van der Waals surface area (Å²) < 4.78 is 5.20. The van der Waals surface area contributed by atoms with E-state index in [1.54, 1.807) is 31.4 Å². The highest BCUT2D eigenvalue weighted by molar-refractivity contribution is 5.94. The number of benzene rings is 1. The van der Waals surface area contributed by atoms with Gasteiger partial charge in [-0.2, -0.15) is 0 Å². The summed E-state index contributed by atoms with van der Waals surface area (Å²) in [6, 6.07) is 7.17. The number of amides is 2. The van der Waals surface area contributed by atoms with Crippen molar-refractivity contribution in [2.24, 2.45) is 35.0 Å². The van der Waals surface area contributed by atoms with Crippen LogP contribution in [0.2, 0.25) is 0 Å². The van der Waals surface area contributed by atoms with Gasteiger partial charge in [0.05, 0.1) is 13.2 Å². The van der Waals surface area contributed by atoms with Crippen LogP contribution >= 0.6 is 0 Å². The van der Waals surface area contributed by atoms with Gasteiger partial charge in [-0.25, -0.2) is 0 Å². The van der Waals surface area contributed by atoms with Gasteiger partial charge in [0, 0.05) is 30.6 Å². The summed E-state index contributed by atoms with van der Waals surface area (Å²) in [5.41, 5.74) is 0.656. The van der Waals surface area contributed by atoms with Crippen molar-refractivity contribution in [2.75, 3.05) is 20.2 Å². The highest BCUT2D eigenvalue weighted by Crippen LogP contribution is 2.55. The number of carbonyl (C=O) groups is 2. The van der Waals surface area contributed by atoms with Gasteiger partial charge < -0.3 is 20.1 Å². The molecule has 0 radical (unpaired) electrons. The summed E-state index contributed by atoms with van der Waals surface area (Å²) in [7, 11) is 1.61. The first kappa shape index (κ1) is 26.0. The molecule has 1 unspecified atom stereocenters. The number of nitrogens with zero attached hydrogens (tertiary/aromatic N) is 1. The van der Waals surface area contributed by atoms with E-state index in [2.05, 4.69) is 26.1 Å². The van der Waals surface area contributed by atoms with Gasteiger partial charge in [-0.15, -0.1) is 0 Å². The molecule has 3 aliphatic rings. The molecular weight excluding hydrogens is 440 g/mol. The lowest BCUT2D eigenvalue weighted by Crippen LogP contribution is -2.58. The fourth-order valence-electron chi connectivity index (χ4n) is 7.19. The Morgan fingerprint density at radius 1 is 1.09 bits per heavy atom. The number of fused-ring (bicyclic) bond motifs is 1. The number of likely N-dealkylation sites (tertiary alicyclic amines) is 1. The van der Waals surface area contributed by atoms with Crippen LogP contribution in [0.25, 0.3) is 0 Å². The van der Waals surface area contributed by atoms with E-state index >= 15 is 0 Å². The molecule has 1 aliphatic heterocycles. The zero-order valence-corrected chi connectivity index (χ0v) is 22.1. The van der Waals surface area contributed by atoms with Gasteiger partial charge in [0.25, 0.3) is 5.91 Å². The van der Waals surface area contributed by atoms with Crippen molar-refractivity contribution in [1.82, 2.24) is 10.2 Å². The molecule has 7 atom stereocenters. The first-order valence-electron chi connectivity index (χ1n) is 13.6. The predicted octanol–water partition coefficient (Wildman–Crippen LogP) is 4.51. The van der Waals surface area contributed by atoms with Crippen molar-refractivity contribution in [3.8, 4) is 5.75 Å². The summed E-state index contributed by atoms with van der Waals surface area (Å²) >= 11 is 0. The number of rotatable bonds is 5. The lowest BCUT2D eigenvalue weighted by molar-refractivity contribution is -0.151. The molecular formula is C29H44N2O4. The smallest absolute Gasteiger partial charge is 0.251 e. The van der Waals surface area contributed by atoms with E-state index in [1.165, 1.54) is 0 Å². The number of methoxy groups -OCH3 is 1. The monoisotopic (exact) mass is 484 g/mol. The first-order valence-corrected chi connectivity index (χ1v) is 13.6. The Balaban J connectivity index is 1.44. The van der Waals surface area contributed by atoms with E-state index in [9.17, 15) is 14.7 Å². The molecule has 2 N–H and O–H groups in total. The molecule has 2 aliphatic carbocycles. The van der Waals surface area contributed by atoms with Gasteiger partial charge in [0.2, 0.25) is 5.91 Å². The molecule has 1 aromatic rings. The molecule has 0 aromatic heterocycles. The van der Waals surface area contributed by atoms with Crippen LogP contribution in [0.1, 0.15) is 76.6 Å². The van der Waals surface area contributed by atoms with E-state index in [0.29, 0.717) is 11.5 Å². The number of carbonyl (C=O) groups excluding carboxylic acids is 2. The quantitative estimate of drug-likeness (QED) is 0.645. The summed E-state index contributed by atoms with van der Waals surface area (Å²) in [4.78, 5) is 28.3. The molecule has 1 saturated heterocycles. The third-order valence-corrected chi connectivity index (χ3v) is 9.68. The van der Waals surface area contributed by atoms with E-state index in [4.69, 9.17) is 4.74 Å². The van der Waals surface area contributed by atoms with Gasteiger partial charge in [0.1, 0.15) is 5.75 Å². The fraction of sp³-hybridized carbons (Fsp3) is 0.724. The summed E-state index contributed by atoms with van der Waals surface area (Å²) in [6.45, 7) is 10.4. The maximum atomic E-state index is 13.3. The van der Waals surface area contributed by atoms with Crippen molar-refractivity contribution in [2.45, 2.75) is 78.4 Å². The zero-order valence-electron chi connectivity index (χ0n) is 22.1. The Morgan fingerprint density at radius 2 is 1.71 bits per heavy atom. The van der Waals surface area contributed by atoms with Crippen molar-refractivity contribution in [3.05, 3.63) is 29.8 Å². The average molecular weight is 485 g/mol. The third kappa shape index (κ3) is 5.23. The molecule has 194 valence electrons. The lowest BCUT2D eigenvalue weighted by atomic mass is 9.51. The molecule has 6 heteroatoms. The van der Waals surface area contributed by atoms with Gasteiger partial charge in [-0.05, 0) is 91.9 Å². The number of hydrogen-bond acceptors (Lipinski definition) is 4. The molecule has 0 bridgehead atoms. The van der Waals surface area contributed by atoms with Crippen molar-refractivity contribution < 1.29 is 19.4 Å². The normalized spacial score (nSPS) is 34.6. The SMILES string of the molecule is COc1ccc(C(=O)N[C@H]2CC[C@]3(C)CCC([C@H](C)C(=O)N4CCC(C)CC4)[C@H](O)[C@H]3[C@@H]2C)cc1. The van der Waals surface area contributed by atoms with Crippen LogP contribution in [0, 0.1) is 35.0 Å². The maximum absolute atomic E-state index is 13.3. The minimum absolute atomic E-state index is 0.00525. The first-order chi connectivity index (χ1) is 16.6. The standard InChI is InChI=1S/C29H44N2O4/c1-18-12-16-31(17-13-18)28(34)19(2)23-10-14-29(4)15-11-24(20(3)25(29)26(23)32)30-27(33)21-6-8-22(35-5)9-7-21/h6-9,18-20,23-26,32H,10-17H2,1-5H3,(H,30,33)/t19-,20+,23?,24-,25+,26-,29-/m0/s1. The zero-order chi connectivity index (χ0) is 25.3. The van der Waals surface area contributed by atoms with Crippen LogP contribution < -0.4 is 10.1 Å².